The van der Waals surface area contributed by atoms with Crippen LogP contribution in [0.4, 0.5) is 0 Å². The van der Waals surface area contributed by atoms with Crippen LogP contribution >= 0.6 is 23.1 Å². The fraction of sp³-hybridized carbons (Fsp3) is 0.227. The summed E-state index contributed by atoms with van der Waals surface area (Å²) in [5.74, 6) is 1.33. The zero-order chi connectivity index (χ0) is 20.4. The zero-order valence-electron chi connectivity index (χ0n) is 16.5. The van der Waals surface area contributed by atoms with Gasteiger partial charge in [-0.3, -0.25) is 14.3 Å². The van der Waals surface area contributed by atoms with E-state index in [-0.39, 0.29) is 5.56 Å². The Balaban J connectivity index is 1.90. The number of benzene rings is 1. The summed E-state index contributed by atoms with van der Waals surface area (Å²) >= 11 is 3.12. The molecule has 3 heterocycles. The van der Waals surface area contributed by atoms with E-state index in [2.05, 4.69) is 11.9 Å². The van der Waals surface area contributed by atoms with Crippen LogP contribution in [0.25, 0.3) is 15.9 Å². The van der Waals surface area contributed by atoms with Gasteiger partial charge >= 0.3 is 0 Å². The molecule has 5 nitrogen and oxygen atoms in total. The number of thiophene rings is 1. The number of aromatic nitrogens is 3. The average molecular weight is 424 g/mol. The third-order valence-corrected chi connectivity index (χ3v) is 7.04. The lowest BCUT2D eigenvalue weighted by molar-refractivity contribution is 0.414. The van der Waals surface area contributed by atoms with Crippen molar-refractivity contribution in [1.29, 1.82) is 0 Å². The van der Waals surface area contributed by atoms with Crippen molar-refractivity contribution in [2.45, 2.75) is 31.2 Å². The second kappa shape index (κ2) is 8.39. The molecule has 0 bridgehead atoms. The van der Waals surface area contributed by atoms with Crippen molar-refractivity contribution in [1.82, 2.24) is 14.5 Å². The lowest BCUT2D eigenvalue weighted by Gasteiger charge is -2.13. The number of nitrogens with zero attached hydrogens (tertiary/aromatic N) is 3. The lowest BCUT2D eigenvalue weighted by Crippen LogP contribution is -2.21. The molecular formula is C22H21N3O2S2. The molecule has 1 aromatic carbocycles. The number of fused-ring (bicyclic) bond motifs is 1. The number of thioether (sulfide) groups is 1. The molecule has 0 atom stereocenters. The summed E-state index contributed by atoms with van der Waals surface area (Å²) in [6, 6.07) is 13.4. The SMILES string of the molecule is CCc1sc2nc(SCc3ccccn3)n(-c3cccc(OC)c3)c(=O)c2c1C. The number of rotatable bonds is 6. The highest BCUT2D eigenvalue weighted by Crippen LogP contribution is 2.31. The summed E-state index contributed by atoms with van der Waals surface area (Å²) in [4.78, 5) is 24.8. The highest BCUT2D eigenvalue weighted by molar-refractivity contribution is 7.98. The van der Waals surface area contributed by atoms with Gasteiger partial charge in [-0.2, -0.15) is 0 Å². The Bertz CT molecular complexity index is 1220. The molecule has 0 fully saturated rings. The van der Waals surface area contributed by atoms with Crippen molar-refractivity contribution in [2.24, 2.45) is 0 Å². The molecule has 4 aromatic rings. The van der Waals surface area contributed by atoms with Gasteiger partial charge in [0.15, 0.2) is 5.16 Å². The molecule has 148 valence electrons. The third-order valence-electron chi connectivity index (χ3n) is 4.74. The van der Waals surface area contributed by atoms with Crippen LogP contribution in [0.3, 0.4) is 0 Å². The minimum absolute atomic E-state index is 0.0415. The van der Waals surface area contributed by atoms with E-state index in [0.717, 1.165) is 28.2 Å². The molecule has 3 aromatic heterocycles. The Morgan fingerprint density at radius 1 is 1.21 bits per heavy atom. The predicted molar refractivity (Wildman–Crippen MR) is 120 cm³/mol. The van der Waals surface area contributed by atoms with Gasteiger partial charge in [-0.15, -0.1) is 11.3 Å². The Hall–Kier alpha value is -2.64. The van der Waals surface area contributed by atoms with Gasteiger partial charge < -0.3 is 4.74 Å². The van der Waals surface area contributed by atoms with Crippen LogP contribution < -0.4 is 10.3 Å². The van der Waals surface area contributed by atoms with Crippen molar-refractivity contribution < 1.29 is 4.74 Å². The first kappa shape index (κ1) is 19.7. The molecule has 0 spiro atoms. The predicted octanol–water partition coefficient (Wildman–Crippen LogP) is 5.01. The molecule has 0 N–H and O–H groups in total. The van der Waals surface area contributed by atoms with Crippen LogP contribution in [0.5, 0.6) is 5.75 Å². The molecule has 7 heteroatoms. The van der Waals surface area contributed by atoms with Crippen molar-refractivity contribution in [3.05, 3.63) is 75.1 Å². The summed E-state index contributed by atoms with van der Waals surface area (Å²) < 4.78 is 7.06. The standard InChI is InChI=1S/C22H21N3O2S2/c1-4-18-14(2)19-20(29-18)24-22(28-13-15-8-5-6-11-23-15)25(21(19)26)16-9-7-10-17(12-16)27-3/h5-12H,4,13H2,1-3H3. The van der Waals surface area contributed by atoms with Crippen molar-refractivity contribution in [2.75, 3.05) is 7.11 Å². The van der Waals surface area contributed by atoms with E-state index in [1.807, 2.05) is 49.4 Å². The van der Waals surface area contributed by atoms with Crippen molar-refractivity contribution >= 4 is 33.3 Å². The minimum Gasteiger partial charge on any atom is -0.497 e. The van der Waals surface area contributed by atoms with Gasteiger partial charge in [0, 0.05) is 22.9 Å². The van der Waals surface area contributed by atoms with Gasteiger partial charge in [-0.25, -0.2) is 4.98 Å². The summed E-state index contributed by atoms with van der Waals surface area (Å²) in [6.45, 7) is 4.12. The maximum absolute atomic E-state index is 13.6. The number of methoxy groups -OCH3 is 1. The molecular weight excluding hydrogens is 402 g/mol. The second-order valence-electron chi connectivity index (χ2n) is 6.53. The van der Waals surface area contributed by atoms with Crippen molar-refractivity contribution in [3.63, 3.8) is 0 Å². The summed E-state index contributed by atoms with van der Waals surface area (Å²) in [5.41, 5.74) is 2.68. The Morgan fingerprint density at radius 3 is 2.79 bits per heavy atom. The van der Waals surface area contributed by atoms with E-state index in [1.54, 1.807) is 29.2 Å². The Labute approximate surface area is 177 Å². The first-order chi connectivity index (χ1) is 14.1. The number of aryl methyl sites for hydroxylation is 2. The van der Waals surface area contributed by atoms with Crippen LogP contribution in [-0.2, 0) is 12.2 Å². The van der Waals surface area contributed by atoms with E-state index >= 15 is 0 Å². The molecule has 0 saturated carbocycles. The van der Waals surface area contributed by atoms with Gasteiger partial charge in [-0.1, -0.05) is 30.8 Å². The van der Waals surface area contributed by atoms with Crippen LogP contribution in [0.15, 0.2) is 58.6 Å². The van der Waals surface area contributed by atoms with Gasteiger partial charge in [0.05, 0.1) is 23.9 Å². The second-order valence-corrected chi connectivity index (χ2v) is 8.56. The van der Waals surface area contributed by atoms with E-state index in [0.29, 0.717) is 22.0 Å². The summed E-state index contributed by atoms with van der Waals surface area (Å²) in [5, 5.41) is 1.36. The monoisotopic (exact) mass is 423 g/mol. The molecule has 0 unspecified atom stereocenters. The number of hydrogen-bond donors (Lipinski definition) is 0. The van der Waals surface area contributed by atoms with Crippen LogP contribution in [0.2, 0.25) is 0 Å². The molecule has 0 aliphatic rings. The van der Waals surface area contributed by atoms with Gasteiger partial charge in [0.25, 0.3) is 5.56 Å². The first-order valence-electron chi connectivity index (χ1n) is 9.34. The van der Waals surface area contributed by atoms with Gasteiger partial charge in [-0.05, 0) is 43.2 Å². The largest absolute Gasteiger partial charge is 0.497 e. The minimum atomic E-state index is -0.0415. The highest BCUT2D eigenvalue weighted by atomic mass is 32.2. The van der Waals surface area contributed by atoms with Crippen LogP contribution in [0, 0.1) is 6.92 Å². The van der Waals surface area contributed by atoms with E-state index < -0.39 is 0 Å². The van der Waals surface area contributed by atoms with E-state index in [4.69, 9.17) is 9.72 Å². The van der Waals surface area contributed by atoms with Crippen molar-refractivity contribution in [3.8, 4) is 11.4 Å². The summed E-state index contributed by atoms with van der Waals surface area (Å²) in [6.07, 6.45) is 2.67. The third kappa shape index (κ3) is 3.80. The topological polar surface area (TPSA) is 57.0 Å². The van der Waals surface area contributed by atoms with E-state index in [9.17, 15) is 4.79 Å². The highest BCUT2D eigenvalue weighted by Gasteiger charge is 2.19. The van der Waals surface area contributed by atoms with E-state index in [1.165, 1.54) is 16.6 Å². The maximum Gasteiger partial charge on any atom is 0.267 e. The normalized spacial score (nSPS) is 11.1. The molecule has 0 aliphatic carbocycles. The first-order valence-corrected chi connectivity index (χ1v) is 11.1. The lowest BCUT2D eigenvalue weighted by atomic mass is 10.2. The van der Waals surface area contributed by atoms with Gasteiger partial charge in [0.2, 0.25) is 0 Å². The average Bonchev–Trinajstić information content (AvgIpc) is 3.08. The Kier molecular flexibility index (Phi) is 5.69. The smallest absolute Gasteiger partial charge is 0.267 e. The molecule has 0 radical (unpaired) electrons. The zero-order valence-corrected chi connectivity index (χ0v) is 18.1. The van der Waals surface area contributed by atoms with Crippen LogP contribution in [-0.4, -0.2) is 21.6 Å². The molecule has 0 aliphatic heterocycles. The van der Waals surface area contributed by atoms with Crippen LogP contribution in [0.1, 0.15) is 23.1 Å². The molecule has 0 amide bonds. The maximum atomic E-state index is 13.6. The molecule has 29 heavy (non-hydrogen) atoms. The summed E-state index contributed by atoms with van der Waals surface area (Å²) in [7, 11) is 1.62. The Morgan fingerprint density at radius 2 is 2.07 bits per heavy atom. The fourth-order valence-electron chi connectivity index (χ4n) is 3.24. The molecule has 0 saturated heterocycles. The number of pyridine rings is 1. The number of hydrogen-bond acceptors (Lipinski definition) is 6. The quantitative estimate of drug-likeness (QED) is 0.322. The van der Waals surface area contributed by atoms with Gasteiger partial charge in [0.1, 0.15) is 10.6 Å². The molecule has 4 rings (SSSR count). The fourth-order valence-corrected chi connectivity index (χ4v) is 5.33. The number of ether oxygens (including phenoxy) is 1.